The third kappa shape index (κ3) is 4.04. The molecule has 0 aromatic heterocycles. The van der Waals surface area contributed by atoms with E-state index in [1.807, 2.05) is 6.92 Å². The van der Waals surface area contributed by atoms with E-state index >= 15 is 0 Å². The molecule has 0 unspecified atom stereocenters. The minimum absolute atomic E-state index is 0.0531. The van der Waals surface area contributed by atoms with Crippen molar-refractivity contribution in [3.63, 3.8) is 0 Å². The van der Waals surface area contributed by atoms with Gasteiger partial charge in [-0.05, 0) is 38.2 Å². The summed E-state index contributed by atoms with van der Waals surface area (Å²) >= 11 is 3.32. The summed E-state index contributed by atoms with van der Waals surface area (Å²) < 4.78 is 25.7. The molecule has 0 bridgehead atoms. The molecule has 1 fully saturated rings. The lowest BCUT2D eigenvalue weighted by molar-refractivity contribution is 0.127. The summed E-state index contributed by atoms with van der Waals surface area (Å²) in [6, 6.07) is 6.92. The quantitative estimate of drug-likeness (QED) is 0.821. The minimum Gasteiger partial charge on any atom is -0.304 e. The molecule has 112 valence electrons. The number of rotatable bonds is 4. The highest BCUT2D eigenvalue weighted by atomic mass is 79.9. The van der Waals surface area contributed by atoms with E-state index in [1.165, 1.54) is 0 Å². The number of piperazine rings is 1. The van der Waals surface area contributed by atoms with Crippen LogP contribution in [0, 0.1) is 0 Å². The summed E-state index contributed by atoms with van der Waals surface area (Å²) in [6.07, 6.45) is 0. The summed E-state index contributed by atoms with van der Waals surface area (Å²) in [6.45, 7) is 5.88. The van der Waals surface area contributed by atoms with Crippen LogP contribution in [0.1, 0.15) is 6.92 Å². The smallest absolute Gasteiger partial charge is 0.179 e. The standard InChI is InChI=1S/C14H21BrN2O2S/c1-12(17-9-7-16(2)8-10-17)11-20(18,19)14-5-3-13(15)4-6-14/h3-6,12H,7-11H2,1-2H3/t12-/m0/s1. The van der Waals surface area contributed by atoms with Gasteiger partial charge in [-0.3, -0.25) is 4.90 Å². The van der Waals surface area contributed by atoms with Crippen LogP contribution >= 0.6 is 15.9 Å². The molecular weight excluding hydrogens is 340 g/mol. The van der Waals surface area contributed by atoms with Gasteiger partial charge in [0.1, 0.15) is 0 Å². The van der Waals surface area contributed by atoms with Gasteiger partial charge in [0, 0.05) is 36.7 Å². The number of hydrogen-bond donors (Lipinski definition) is 0. The summed E-state index contributed by atoms with van der Waals surface area (Å²) in [5.74, 6) is 0.179. The van der Waals surface area contributed by atoms with E-state index in [1.54, 1.807) is 24.3 Å². The van der Waals surface area contributed by atoms with Crippen LogP contribution < -0.4 is 0 Å². The molecule has 20 heavy (non-hydrogen) atoms. The van der Waals surface area contributed by atoms with Crippen molar-refractivity contribution >= 4 is 25.8 Å². The Morgan fingerprint density at radius 1 is 1.15 bits per heavy atom. The number of likely N-dealkylation sites (N-methyl/N-ethyl adjacent to an activating group) is 1. The Labute approximate surface area is 129 Å². The maximum atomic E-state index is 12.4. The first-order valence-electron chi connectivity index (χ1n) is 6.79. The predicted molar refractivity (Wildman–Crippen MR) is 84.7 cm³/mol. The van der Waals surface area contributed by atoms with Crippen molar-refractivity contribution in [2.45, 2.75) is 17.9 Å². The second kappa shape index (κ2) is 6.56. The number of halogens is 1. The lowest BCUT2D eigenvalue weighted by atomic mass is 10.2. The maximum absolute atomic E-state index is 12.4. The summed E-state index contributed by atoms with van der Waals surface area (Å²) in [5.41, 5.74) is 0. The van der Waals surface area contributed by atoms with E-state index in [4.69, 9.17) is 0 Å². The van der Waals surface area contributed by atoms with Gasteiger partial charge in [0.25, 0.3) is 0 Å². The average molecular weight is 361 g/mol. The van der Waals surface area contributed by atoms with E-state index in [0.29, 0.717) is 4.90 Å². The molecule has 1 aromatic carbocycles. The molecule has 1 aromatic rings. The molecule has 1 atom stereocenters. The first-order chi connectivity index (χ1) is 9.38. The molecular formula is C14H21BrN2O2S. The van der Waals surface area contributed by atoms with Gasteiger partial charge < -0.3 is 4.90 Å². The van der Waals surface area contributed by atoms with Gasteiger partial charge in [-0.25, -0.2) is 8.42 Å². The first kappa shape index (κ1) is 15.9. The average Bonchev–Trinajstić information content (AvgIpc) is 2.39. The molecule has 0 saturated carbocycles. The van der Waals surface area contributed by atoms with Gasteiger partial charge in [-0.2, -0.15) is 0 Å². The van der Waals surface area contributed by atoms with Crippen LogP contribution in [0.4, 0.5) is 0 Å². The molecule has 4 nitrogen and oxygen atoms in total. The Morgan fingerprint density at radius 2 is 1.70 bits per heavy atom. The van der Waals surface area contributed by atoms with Crippen molar-refractivity contribution < 1.29 is 8.42 Å². The zero-order valence-electron chi connectivity index (χ0n) is 11.9. The molecule has 6 heteroatoms. The predicted octanol–water partition coefficient (Wildman–Crippen LogP) is 1.86. The second-order valence-electron chi connectivity index (χ2n) is 5.42. The summed E-state index contributed by atoms with van der Waals surface area (Å²) in [5, 5.41) is 0. The van der Waals surface area contributed by atoms with E-state index in [2.05, 4.69) is 32.8 Å². The molecule has 1 aliphatic rings. The van der Waals surface area contributed by atoms with Crippen LogP contribution in [0.5, 0.6) is 0 Å². The first-order valence-corrected chi connectivity index (χ1v) is 9.24. The minimum atomic E-state index is -3.22. The van der Waals surface area contributed by atoms with E-state index in [0.717, 1.165) is 30.7 Å². The number of sulfone groups is 1. The van der Waals surface area contributed by atoms with Gasteiger partial charge >= 0.3 is 0 Å². The van der Waals surface area contributed by atoms with Crippen LogP contribution in [0.2, 0.25) is 0 Å². The lowest BCUT2D eigenvalue weighted by Gasteiger charge is -2.36. The fourth-order valence-electron chi connectivity index (χ4n) is 2.42. The van der Waals surface area contributed by atoms with Crippen LogP contribution in [0.3, 0.4) is 0 Å². The Bertz CT molecular complexity index is 537. The van der Waals surface area contributed by atoms with Gasteiger partial charge in [-0.15, -0.1) is 0 Å². The highest BCUT2D eigenvalue weighted by Crippen LogP contribution is 2.18. The molecule has 0 spiro atoms. The summed E-state index contributed by atoms with van der Waals surface area (Å²) in [4.78, 5) is 4.93. The topological polar surface area (TPSA) is 40.6 Å². The highest BCUT2D eigenvalue weighted by Gasteiger charge is 2.25. The largest absolute Gasteiger partial charge is 0.304 e. The lowest BCUT2D eigenvalue weighted by Crippen LogP contribution is -2.49. The number of hydrogen-bond acceptors (Lipinski definition) is 4. The van der Waals surface area contributed by atoms with Crippen molar-refractivity contribution in [1.82, 2.24) is 9.80 Å². The van der Waals surface area contributed by atoms with E-state index in [9.17, 15) is 8.42 Å². The van der Waals surface area contributed by atoms with Crippen LogP contribution in [0.25, 0.3) is 0 Å². The Morgan fingerprint density at radius 3 is 2.25 bits per heavy atom. The maximum Gasteiger partial charge on any atom is 0.179 e. The molecule has 0 N–H and O–H groups in total. The van der Waals surface area contributed by atoms with Crippen molar-refractivity contribution in [2.24, 2.45) is 0 Å². The molecule has 1 saturated heterocycles. The van der Waals surface area contributed by atoms with Crippen LogP contribution in [0.15, 0.2) is 33.6 Å². The van der Waals surface area contributed by atoms with Gasteiger partial charge in [-0.1, -0.05) is 15.9 Å². The SMILES string of the molecule is C[C@@H](CS(=O)(=O)c1ccc(Br)cc1)N1CCN(C)CC1. The Hall–Kier alpha value is -0.430. The van der Waals surface area contributed by atoms with Crippen molar-refractivity contribution in [3.8, 4) is 0 Å². The molecule has 1 aliphatic heterocycles. The number of benzene rings is 1. The second-order valence-corrected chi connectivity index (χ2v) is 8.37. The highest BCUT2D eigenvalue weighted by molar-refractivity contribution is 9.10. The van der Waals surface area contributed by atoms with Crippen LogP contribution in [-0.4, -0.2) is 63.2 Å². The normalized spacial score (nSPS) is 19.9. The molecule has 0 radical (unpaired) electrons. The fraction of sp³-hybridized carbons (Fsp3) is 0.571. The number of nitrogens with zero attached hydrogens (tertiary/aromatic N) is 2. The Balaban J connectivity index is 2.02. The third-order valence-electron chi connectivity index (χ3n) is 3.79. The van der Waals surface area contributed by atoms with Gasteiger partial charge in [0.15, 0.2) is 9.84 Å². The zero-order chi connectivity index (χ0) is 14.8. The van der Waals surface area contributed by atoms with Gasteiger partial charge in [0.2, 0.25) is 0 Å². The fourth-order valence-corrected chi connectivity index (χ4v) is 4.28. The monoisotopic (exact) mass is 360 g/mol. The summed E-state index contributed by atoms with van der Waals surface area (Å²) in [7, 11) is -1.12. The molecule has 0 amide bonds. The van der Waals surface area contributed by atoms with Crippen molar-refractivity contribution in [2.75, 3.05) is 39.0 Å². The van der Waals surface area contributed by atoms with Crippen molar-refractivity contribution in [3.05, 3.63) is 28.7 Å². The molecule has 1 heterocycles. The van der Waals surface area contributed by atoms with Crippen LogP contribution in [-0.2, 0) is 9.84 Å². The third-order valence-corrected chi connectivity index (χ3v) is 6.23. The molecule has 0 aliphatic carbocycles. The van der Waals surface area contributed by atoms with E-state index in [-0.39, 0.29) is 11.8 Å². The van der Waals surface area contributed by atoms with Gasteiger partial charge in [0.05, 0.1) is 10.6 Å². The van der Waals surface area contributed by atoms with Crippen molar-refractivity contribution in [1.29, 1.82) is 0 Å². The molecule has 2 rings (SSSR count). The van der Waals surface area contributed by atoms with E-state index < -0.39 is 9.84 Å². The zero-order valence-corrected chi connectivity index (χ0v) is 14.3. The Kier molecular flexibility index (Phi) is 5.23.